The molecular weight excluding hydrogens is 98.1 g/mol. The zero-order chi connectivity index (χ0) is 6.41. The van der Waals surface area contributed by atoms with Gasteiger partial charge in [0.25, 0.3) is 0 Å². The highest BCUT2D eigenvalue weighted by molar-refractivity contribution is 4.48. The molecule has 8 heavy (non-hydrogen) atoms. The second-order valence-electron chi connectivity index (χ2n) is 2.54. The third kappa shape index (κ3) is 4.13. The summed E-state index contributed by atoms with van der Waals surface area (Å²) in [6, 6.07) is 0. The van der Waals surface area contributed by atoms with Gasteiger partial charge in [0.05, 0.1) is 6.54 Å². The maximum absolute atomic E-state index is 3.81. The van der Waals surface area contributed by atoms with Crippen LogP contribution in [0.3, 0.4) is 0 Å². The Morgan fingerprint density at radius 1 is 1.38 bits per heavy atom. The van der Waals surface area contributed by atoms with E-state index in [0.29, 0.717) is 0 Å². The van der Waals surface area contributed by atoms with Crippen molar-refractivity contribution in [3.63, 3.8) is 0 Å². The maximum Gasteiger partial charge on any atom is 0.0742 e. The summed E-state index contributed by atoms with van der Waals surface area (Å²) in [4.78, 5) is 0. The molecule has 1 heteroatoms. The van der Waals surface area contributed by atoms with Crippen molar-refractivity contribution in [3.05, 3.63) is 0 Å². The Labute approximate surface area is 52.3 Å². The lowest BCUT2D eigenvalue weighted by atomic mass is 10.0. The summed E-state index contributed by atoms with van der Waals surface area (Å²) in [5, 5.41) is 0. The number of hydrogen-bond acceptors (Lipinski definition) is 0. The fraction of sp³-hybridized carbons (Fsp3) is 1.00. The molecule has 0 fully saturated rings. The lowest BCUT2D eigenvalue weighted by Gasteiger charge is -2.04. The van der Waals surface area contributed by atoms with E-state index in [2.05, 4.69) is 19.6 Å². The third-order valence-corrected chi connectivity index (χ3v) is 1.48. The smallest absolute Gasteiger partial charge is 0.0742 e. The van der Waals surface area contributed by atoms with Crippen LogP contribution in [-0.2, 0) is 0 Å². The van der Waals surface area contributed by atoms with E-state index in [0.717, 1.165) is 12.5 Å². The SMILES string of the molecule is CCC[C@H](C)CC[NH3+]. The van der Waals surface area contributed by atoms with Gasteiger partial charge in [-0.05, 0) is 12.3 Å². The van der Waals surface area contributed by atoms with Crippen molar-refractivity contribution in [2.75, 3.05) is 6.54 Å². The van der Waals surface area contributed by atoms with Gasteiger partial charge in [-0.25, -0.2) is 0 Å². The van der Waals surface area contributed by atoms with Crippen molar-refractivity contribution in [3.8, 4) is 0 Å². The standard InChI is InChI=1S/C7H17N/c1-3-4-7(2)5-6-8/h7H,3-6,8H2,1-2H3/p+1/t7-/m0/s1. The summed E-state index contributed by atoms with van der Waals surface area (Å²) in [7, 11) is 0. The zero-order valence-electron chi connectivity index (χ0n) is 6.11. The predicted octanol–water partition coefficient (Wildman–Crippen LogP) is 1.05. The summed E-state index contributed by atoms with van der Waals surface area (Å²) in [6.07, 6.45) is 3.99. The molecule has 1 atom stereocenters. The molecule has 0 radical (unpaired) electrons. The first-order valence-electron chi connectivity index (χ1n) is 3.60. The molecule has 0 saturated heterocycles. The zero-order valence-corrected chi connectivity index (χ0v) is 6.11. The molecule has 0 heterocycles. The Balaban J connectivity index is 2.92. The number of hydrogen-bond donors (Lipinski definition) is 1. The molecular formula is C7H18N+. The average Bonchev–Trinajstić information content (AvgIpc) is 1.68. The Kier molecular flexibility index (Phi) is 5.08. The largest absolute Gasteiger partial charge is 0.358 e. The van der Waals surface area contributed by atoms with Gasteiger partial charge in [-0.3, -0.25) is 0 Å². The average molecular weight is 116 g/mol. The first-order valence-corrected chi connectivity index (χ1v) is 3.60. The van der Waals surface area contributed by atoms with E-state index in [4.69, 9.17) is 0 Å². The summed E-state index contributed by atoms with van der Waals surface area (Å²) >= 11 is 0. The van der Waals surface area contributed by atoms with E-state index in [1.54, 1.807) is 0 Å². The van der Waals surface area contributed by atoms with Gasteiger partial charge >= 0.3 is 0 Å². The van der Waals surface area contributed by atoms with Gasteiger partial charge in [0.15, 0.2) is 0 Å². The molecule has 0 spiro atoms. The fourth-order valence-electron chi connectivity index (χ4n) is 0.986. The van der Waals surface area contributed by atoms with Crippen LogP contribution in [0.5, 0.6) is 0 Å². The summed E-state index contributed by atoms with van der Waals surface area (Å²) < 4.78 is 0. The second kappa shape index (κ2) is 5.10. The summed E-state index contributed by atoms with van der Waals surface area (Å²) in [5.41, 5.74) is 3.81. The van der Waals surface area contributed by atoms with Crippen LogP contribution in [0.15, 0.2) is 0 Å². The van der Waals surface area contributed by atoms with E-state index in [9.17, 15) is 0 Å². The molecule has 3 N–H and O–H groups in total. The predicted molar refractivity (Wildman–Crippen MR) is 36.4 cm³/mol. The van der Waals surface area contributed by atoms with Crippen molar-refractivity contribution >= 4 is 0 Å². The monoisotopic (exact) mass is 116 g/mol. The molecule has 0 unspecified atom stereocenters. The van der Waals surface area contributed by atoms with Gasteiger partial charge in [0, 0.05) is 0 Å². The number of rotatable bonds is 4. The third-order valence-electron chi connectivity index (χ3n) is 1.48. The fourth-order valence-corrected chi connectivity index (χ4v) is 0.986. The molecule has 0 aliphatic rings. The molecule has 0 aromatic carbocycles. The summed E-state index contributed by atoms with van der Waals surface area (Å²) in [6.45, 7) is 5.63. The Morgan fingerprint density at radius 2 is 2.00 bits per heavy atom. The number of quaternary nitrogens is 1. The highest BCUT2D eigenvalue weighted by Crippen LogP contribution is 2.06. The highest BCUT2D eigenvalue weighted by atomic mass is 14.5. The first-order chi connectivity index (χ1) is 3.81. The van der Waals surface area contributed by atoms with E-state index in [-0.39, 0.29) is 0 Å². The first kappa shape index (κ1) is 7.96. The van der Waals surface area contributed by atoms with Gasteiger partial charge in [-0.1, -0.05) is 26.7 Å². The van der Waals surface area contributed by atoms with Gasteiger partial charge in [-0.2, -0.15) is 0 Å². The van der Waals surface area contributed by atoms with Crippen LogP contribution in [0.25, 0.3) is 0 Å². The van der Waals surface area contributed by atoms with Crippen molar-refractivity contribution in [2.24, 2.45) is 5.92 Å². The molecule has 1 nitrogen and oxygen atoms in total. The van der Waals surface area contributed by atoms with E-state index >= 15 is 0 Å². The molecule has 0 aromatic heterocycles. The molecule has 0 aliphatic heterocycles. The van der Waals surface area contributed by atoms with Crippen LogP contribution in [-0.4, -0.2) is 6.54 Å². The van der Waals surface area contributed by atoms with Gasteiger partial charge in [-0.15, -0.1) is 0 Å². The van der Waals surface area contributed by atoms with Crippen LogP contribution in [0.1, 0.15) is 33.1 Å². The van der Waals surface area contributed by atoms with Crippen LogP contribution in [0, 0.1) is 5.92 Å². The van der Waals surface area contributed by atoms with Crippen LogP contribution in [0.2, 0.25) is 0 Å². The van der Waals surface area contributed by atoms with Crippen molar-refractivity contribution in [2.45, 2.75) is 33.1 Å². The topological polar surface area (TPSA) is 27.6 Å². The Morgan fingerprint density at radius 3 is 2.38 bits per heavy atom. The van der Waals surface area contributed by atoms with E-state index < -0.39 is 0 Å². The molecule has 0 amide bonds. The molecule has 0 saturated carbocycles. The maximum atomic E-state index is 3.81. The van der Waals surface area contributed by atoms with E-state index in [1.165, 1.54) is 19.3 Å². The van der Waals surface area contributed by atoms with Crippen molar-refractivity contribution in [1.82, 2.24) is 0 Å². The Bertz CT molecular complexity index is 37.7. The normalized spacial score (nSPS) is 13.9. The van der Waals surface area contributed by atoms with Gasteiger partial charge in [0.1, 0.15) is 0 Å². The quantitative estimate of drug-likeness (QED) is 0.568. The Hall–Kier alpha value is -0.0400. The molecule has 0 rings (SSSR count). The molecule has 50 valence electrons. The molecule has 0 aliphatic carbocycles. The minimum Gasteiger partial charge on any atom is -0.358 e. The highest BCUT2D eigenvalue weighted by Gasteiger charge is 1.97. The lowest BCUT2D eigenvalue weighted by molar-refractivity contribution is -0.370. The van der Waals surface area contributed by atoms with Gasteiger partial charge < -0.3 is 5.73 Å². The molecule has 0 bridgehead atoms. The summed E-state index contributed by atoms with van der Waals surface area (Å²) in [5.74, 6) is 0.900. The van der Waals surface area contributed by atoms with Crippen LogP contribution >= 0.6 is 0 Å². The van der Waals surface area contributed by atoms with E-state index in [1.807, 2.05) is 0 Å². The van der Waals surface area contributed by atoms with Gasteiger partial charge in [0.2, 0.25) is 0 Å². The minimum absolute atomic E-state index is 0.900. The van der Waals surface area contributed by atoms with Crippen molar-refractivity contribution < 1.29 is 5.73 Å². The second-order valence-corrected chi connectivity index (χ2v) is 2.54. The van der Waals surface area contributed by atoms with Crippen LogP contribution < -0.4 is 5.73 Å². The molecule has 0 aromatic rings. The lowest BCUT2D eigenvalue weighted by Crippen LogP contribution is -2.50. The van der Waals surface area contributed by atoms with Crippen molar-refractivity contribution in [1.29, 1.82) is 0 Å². The van der Waals surface area contributed by atoms with Crippen LogP contribution in [0.4, 0.5) is 0 Å². The minimum atomic E-state index is 0.900.